The predicted octanol–water partition coefficient (Wildman–Crippen LogP) is 3.87. The monoisotopic (exact) mass is 313 g/mol. The van der Waals surface area contributed by atoms with Crippen LogP contribution in [0.4, 0.5) is 0 Å². The Kier molecular flexibility index (Phi) is 4.05. The van der Waals surface area contributed by atoms with Gasteiger partial charge in [0.1, 0.15) is 11.3 Å². The van der Waals surface area contributed by atoms with Crippen molar-refractivity contribution in [2.45, 2.75) is 48.5 Å². The maximum absolute atomic E-state index is 13.1. The third-order valence-corrected chi connectivity index (χ3v) is 4.63. The molecule has 1 aromatic rings. The van der Waals surface area contributed by atoms with Crippen LogP contribution in [0.1, 0.15) is 53.6 Å². The van der Waals surface area contributed by atoms with E-state index in [4.69, 9.17) is 0 Å². The molecule has 1 aliphatic carbocycles. The minimum Gasteiger partial charge on any atom is -0.507 e. The number of hydrogen-bond donors (Lipinski definition) is 1. The molecule has 4 heteroatoms. The van der Waals surface area contributed by atoms with Gasteiger partial charge in [0.05, 0.1) is 0 Å². The predicted molar refractivity (Wildman–Crippen MR) is 89.7 cm³/mol. The molecule has 0 atom stereocenters. The van der Waals surface area contributed by atoms with Gasteiger partial charge in [0, 0.05) is 22.4 Å². The van der Waals surface area contributed by atoms with Crippen molar-refractivity contribution >= 4 is 11.6 Å². The van der Waals surface area contributed by atoms with Gasteiger partial charge in [-0.15, -0.1) is 0 Å². The highest BCUT2D eigenvalue weighted by atomic mass is 16.3. The summed E-state index contributed by atoms with van der Waals surface area (Å²) in [4.78, 5) is 30.1. The number of aliphatic hydroxyl groups is 1. The summed E-state index contributed by atoms with van der Waals surface area (Å²) < 4.78 is 0. The first kappa shape index (κ1) is 17.1. The highest BCUT2D eigenvalue weighted by Gasteiger charge is 2.39. The third kappa shape index (κ3) is 2.62. The number of aliphatic hydroxyl groups excluding tert-OH is 1. The van der Waals surface area contributed by atoms with Crippen LogP contribution in [0.5, 0.6) is 0 Å². The van der Waals surface area contributed by atoms with Gasteiger partial charge in [-0.2, -0.15) is 0 Å². The van der Waals surface area contributed by atoms with Gasteiger partial charge >= 0.3 is 0 Å². The summed E-state index contributed by atoms with van der Waals surface area (Å²) in [6.45, 7) is 12.6. The third-order valence-electron chi connectivity index (χ3n) is 4.63. The van der Waals surface area contributed by atoms with Crippen molar-refractivity contribution in [1.82, 2.24) is 4.98 Å². The maximum Gasteiger partial charge on any atom is 0.202 e. The summed E-state index contributed by atoms with van der Waals surface area (Å²) in [5, 5.41) is 10.3. The molecule has 0 saturated heterocycles. The van der Waals surface area contributed by atoms with Crippen LogP contribution in [-0.4, -0.2) is 21.7 Å². The molecule has 0 unspecified atom stereocenters. The minimum absolute atomic E-state index is 0.133. The molecule has 4 nitrogen and oxygen atoms in total. The van der Waals surface area contributed by atoms with E-state index in [9.17, 15) is 14.7 Å². The molecular weight excluding hydrogens is 290 g/mol. The molecule has 1 aliphatic rings. The lowest BCUT2D eigenvalue weighted by Crippen LogP contribution is -2.33. The van der Waals surface area contributed by atoms with E-state index >= 15 is 0 Å². The van der Waals surface area contributed by atoms with Crippen LogP contribution in [0.2, 0.25) is 0 Å². The molecule has 0 spiro atoms. The van der Waals surface area contributed by atoms with Crippen LogP contribution >= 0.6 is 0 Å². The summed E-state index contributed by atoms with van der Waals surface area (Å²) in [7, 11) is 0. The fraction of sp³-hybridized carbons (Fsp3) is 0.421. The summed E-state index contributed by atoms with van der Waals surface area (Å²) >= 11 is 0. The first-order valence-corrected chi connectivity index (χ1v) is 7.66. The van der Waals surface area contributed by atoms with Crippen molar-refractivity contribution in [2.24, 2.45) is 5.41 Å². The maximum atomic E-state index is 13.1. The second-order valence-electron chi connectivity index (χ2n) is 6.84. The second kappa shape index (κ2) is 5.44. The highest BCUT2D eigenvalue weighted by Crippen LogP contribution is 2.35. The van der Waals surface area contributed by atoms with Crippen molar-refractivity contribution in [1.29, 1.82) is 0 Å². The number of allylic oxidation sites excluding steroid dienone is 3. The van der Waals surface area contributed by atoms with Crippen LogP contribution in [-0.2, 0) is 4.79 Å². The molecule has 1 aromatic heterocycles. The second-order valence-corrected chi connectivity index (χ2v) is 6.84. The molecule has 0 saturated carbocycles. The van der Waals surface area contributed by atoms with Gasteiger partial charge in [0.25, 0.3) is 0 Å². The lowest BCUT2D eigenvalue weighted by Gasteiger charge is -2.27. The van der Waals surface area contributed by atoms with Gasteiger partial charge in [-0.3, -0.25) is 14.6 Å². The number of rotatable bonds is 2. The van der Waals surface area contributed by atoms with Gasteiger partial charge in [0.2, 0.25) is 5.78 Å². The average molecular weight is 313 g/mol. The van der Waals surface area contributed by atoms with E-state index in [2.05, 4.69) is 4.98 Å². The van der Waals surface area contributed by atoms with Crippen LogP contribution in [0.25, 0.3) is 0 Å². The summed E-state index contributed by atoms with van der Waals surface area (Å²) in [5.74, 6) is -1.03. The number of hydrogen-bond acceptors (Lipinski definition) is 4. The summed E-state index contributed by atoms with van der Waals surface area (Å²) in [6.07, 6.45) is 1.69. The molecule has 0 amide bonds. The van der Waals surface area contributed by atoms with Gasteiger partial charge in [0.15, 0.2) is 5.78 Å². The number of aryl methyl sites for hydroxylation is 2. The fourth-order valence-corrected chi connectivity index (χ4v) is 3.09. The molecule has 0 aliphatic heterocycles. The Balaban J connectivity index is 2.71. The Morgan fingerprint density at radius 3 is 2.17 bits per heavy atom. The van der Waals surface area contributed by atoms with E-state index in [-0.39, 0.29) is 17.1 Å². The lowest BCUT2D eigenvalue weighted by atomic mass is 9.75. The molecule has 0 radical (unpaired) electrons. The Bertz CT molecular complexity index is 795. The number of Topliss-reactive ketones (excluding diaryl/α,β-unsaturated/α-hetero) is 2. The zero-order valence-electron chi connectivity index (χ0n) is 14.8. The van der Waals surface area contributed by atoms with E-state index in [0.717, 1.165) is 16.8 Å². The zero-order chi connectivity index (χ0) is 17.7. The van der Waals surface area contributed by atoms with Crippen LogP contribution < -0.4 is 0 Å². The summed E-state index contributed by atoms with van der Waals surface area (Å²) in [5.41, 5.74) is 3.18. The van der Waals surface area contributed by atoms with E-state index in [1.807, 2.05) is 20.8 Å². The molecule has 122 valence electrons. The van der Waals surface area contributed by atoms with E-state index in [0.29, 0.717) is 16.8 Å². The van der Waals surface area contributed by atoms with Crippen molar-refractivity contribution in [3.8, 4) is 0 Å². The zero-order valence-corrected chi connectivity index (χ0v) is 14.8. The van der Waals surface area contributed by atoms with Crippen molar-refractivity contribution < 1.29 is 14.7 Å². The SMILES string of the molecule is CC1=CC(C)(C)C(=O)C(C(=O)c2c(C)nc(C)c(C)c2C)=C1O. The molecule has 2 rings (SSSR count). The molecule has 1 heterocycles. The van der Waals surface area contributed by atoms with Crippen molar-refractivity contribution in [3.05, 3.63) is 51.1 Å². The van der Waals surface area contributed by atoms with E-state index < -0.39 is 11.2 Å². The largest absolute Gasteiger partial charge is 0.507 e. The number of carbonyl (C=O) groups is 2. The van der Waals surface area contributed by atoms with Gasteiger partial charge in [-0.1, -0.05) is 6.08 Å². The first-order valence-electron chi connectivity index (χ1n) is 7.66. The van der Waals surface area contributed by atoms with Crippen molar-refractivity contribution in [3.63, 3.8) is 0 Å². The van der Waals surface area contributed by atoms with Crippen LogP contribution in [0, 0.1) is 33.1 Å². The smallest absolute Gasteiger partial charge is 0.202 e. The Morgan fingerprint density at radius 2 is 1.61 bits per heavy atom. The number of carbonyl (C=O) groups excluding carboxylic acids is 2. The average Bonchev–Trinajstić information content (AvgIpc) is 2.43. The number of aromatic nitrogens is 1. The minimum atomic E-state index is -0.809. The number of ketones is 2. The van der Waals surface area contributed by atoms with E-state index in [1.165, 1.54) is 0 Å². The Hall–Kier alpha value is -2.23. The summed E-state index contributed by atoms with van der Waals surface area (Å²) in [6, 6.07) is 0. The molecule has 23 heavy (non-hydrogen) atoms. The quantitative estimate of drug-likeness (QED) is 0.665. The van der Waals surface area contributed by atoms with Gasteiger partial charge in [-0.05, 0) is 65.2 Å². The van der Waals surface area contributed by atoms with Gasteiger partial charge < -0.3 is 5.11 Å². The first-order chi connectivity index (χ1) is 10.5. The Morgan fingerprint density at radius 1 is 1.04 bits per heavy atom. The van der Waals surface area contributed by atoms with Crippen molar-refractivity contribution in [2.75, 3.05) is 0 Å². The molecule has 0 aromatic carbocycles. The van der Waals surface area contributed by atoms with Gasteiger partial charge in [-0.25, -0.2) is 0 Å². The highest BCUT2D eigenvalue weighted by molar-refractivity contribution is 6.29. The molecule has 0 fully saturated rings. The standard InChI is InChI=1S/C19H23NO3/c1-9-8-19(6,7)18(23)15(16(9)21)17(22)14-11(3)10(2)12(4)20-13(14)5/h8,21H,1-7H3. The molecule has 0 bridgehead atoms. The topological polar surface area (TPSA) is 67.3 Å². The molecular formula is C19H23NO3. The van der Waals surface area contributed by atoms with E-state index in [1.54, 1.807) is 33.8 Å². The normalized spacial score (nSPS) is 17.3. The fourth-order valence-electron chi connectivity index (χ4n) is 3.09. The number of pyridine rings is 1. The lowest BCUT2D eigenvalue weighted by molar-refractivity contribution is -0.121. The molecule has 1 N–H and O–H groups in total. The van der Waals surface area contributed by atoms with Crippen LogP contribution in [0.3, 0.4) is 0 Å². The van der Waals surface area contributed by atoms with Crippen LogP contribution in [0.15, 0.2) is 23.0 Å². The number of nitrogens with zero attached hydrogens (tertiary/aromatic N) is 1. The Labute approximate surface area is 136 Å².